The fraction of sp³-hybridized carbons (Fsp3) is 0.875. The van der Waals surface area contributed by atoms with Gasteiger partial charge in [0.25, 0.3) is 0 Å². The Bertz CT molecular complexity index is 259. The van der Waals surface area contributed by atoms with Gasteiger partial charge in [-0.2, -0.15) is 9.15 Å². The molecule has 0 aliphatic heterocycles. The van der Waals surface area contributed by atoms with Crippen LogP contribution in [0.5, 0.6) is 0 Å². The van der Waals surface area contributed by atoms with Crippen molar-refractivity contribution in [2.24, 2.45) is 0 Å². The van der Waals surface area contributed by atoms with Crippen molar-refractivity contribution in [3.8, 4) is 0 Å². The molecule has 23 heavy (non-hydrogen) atoms. The third-order valence-electron chi connectivity index (χ3n) is 3.38. The minimum atomic E-state index is -3.45. The number of unbranched alkanes of at least 4 members (excludes halogenated alkanes) is 9. The quantitative estimate of drug-likeness (QED) is 0.118. The van der Waals surface area contributed by atoms with Gasteiger partial charge in [-0.15, -0.1) is 0 Å². The van der Waals surface area contributed by atoms with Crippen LogP contribution in [-0.2, 0) is 27.8 Å². The van der Waals surface area contributed by atoms with Crippen LogP contribution < -0.4 is 0 Å². The van der Waals surface area contributed by atoms with Gasteiger partial charge in [-0.3, -0.25) is 0 Å². The molecule has 0 heterocycles. The van der Waals surface area contributed by atoms with Gasteiger partial charge in [0, 0.05) is 6.61 Å². The predicted molar refractivity (Wildman–Crippen MR) is 91.0 cm³/mol. The molecule has 0 spiro atoms. The molecule has 0 atom stereocenters. The molecule has 0 aromatic rings. The van der Waals surface area contributed by atoms with Crippen LogP contribution in [0, 0.1) is 0 Å². The third kappa shape index (κ3) is 12.6. The van der Waals surface area contributed by atoms with E-state index in [0.717, 1.165) is 12.8 Å². The molecule has 0 aliphatic rings. The largest absolute Gasteiger partial charge is 0.805 e. The highest BCUT2D eigenvalue weighted by Crippen LogP contribution is 2.15. The molecular formula is C16H34O6Si. The molecule has 0 rings (SSSR count). The Morgan fingerprint density at radius 1 is 0.783 bits per heavy atom. The van der Waals surface area contributed by atoms with E-state index in [1.54, 1.807) is 0 Å². The normalized spacial score (nSPS) is 11.6. The van der Waals surface area contributed by atoms with Crippen molar-refractivity contribution in [2.45, 2.75) is 71.1 Å². The smallest absolute Gasteiger partial charge is 0.485 e. The zero-order chi connectivity index (χ0) is 17.2. The van der Waals surface area contributed by atoms with Gasteiger partial charge >= 0.3 is 9.05 Å². The van der Waals surface area contributed by atoms with Crippen molar-refractivity contribution in [3.63, 3.8) is 0 Å². The lowest BCUT2D eigenvalue weighted by Crippen LogP contribution is -2.47. The van der Waals surface area contributed by atoms with E-state index in [-0.39, 0.29) is 0 Å². The highest BCUT2D eigenvalue weighted by Gasteiger charge is 2.51. The van der Waals surface area contributed by atoms with Crippen LogP contribution in [0.4, 0.5) is 0 Å². The summed E-state index contributed by atoms with van der Waals surface area (Å²) in [6, 6.07) is 0. The summed E-state index contributed by atoms with van der Waals surface area (Å²) in [6.45, 7) is 6.18. The second-order valence-corrected chi connectivity index (χ2v) is 7.17. The molecule has 0 N–H and O–H groups in total. The van der Waals surface area contributed by atoms with Gasteiger partial charge in [-0.1, -0.05) is 71.3 Å². The first-order valence-corrected chi connectivity index (χ1v) is 10.2. The lowest BCUT2D eigenvalue weighted by atomic mass is 10.1. The predicted octanol–water partition coefficient (Wildman–Crippen LogP) is 4.68. The van der Waals surface area contributed by atoms with Crippen molar-refractivity contribution in [3.05, 3.63) is 12.8 Å². The van der Waals surface area contributed by atoms with Gasteiger partial charge in [0.1, 0.15) is 0 Å². The Hall–Kier alpha value is -0.443. The van der Waals surface area contributed by atoms with E-state index < -0.39 is 9.05 Å². The average molecular weight is 351 g/mol. The van der Waals surface area contributed by atoms with Crippen molar-refractivity contribution >= 4 is 9.05 Å². The van der Waals surface area contributed by atoms with E-state index in [1.165, 1.54) is 71.8 Å². The van der Waals surface area contributed by atoms with Crippen LogP contribution in [0.1, 0.15) is 71.1 Å². The second kappa shape index (κ2) is 16.4. The van der Waals surface area contributed by atoms with E-state index >= 15 is 0 Å². The number of hydrogen-bond acceptors (Lipinski definition) is 6. The summed E-state index contributed by atoms with van der Waals surface area (Å²) in [5.74, 6) is 0. The van der Waals surface area contributed by atoms with Crippen molar-refractivity contribution < 1.29 is 27.8 Å². The minimum absolute atomic E-state index is 0.462. The van der Waals surface area contributed by atoms with Gasteiger partial charge in [0.15, 0.2) is 0 Å². The molecule has 0 aliphatic carbocycles. The molecule has 0 saturated heterocycles. The van der Waals surface area contributed by atoms with E-state index in [0.29, 0.717) is 6.61 Å². The van der Waals surface area contributed by atoms with E-state index in [2.05, 4.69) is 23.3 Å². The summed E-state index contributed by atoms with van der Waals surface area (Å²) in [5.41, 5.74) is 0. The summed E-state index contributed by atoms with van der Waals surface area (Å²) in [6.07, 6.45) is 13.8. The van der Waals surface area contributed by atoms with Gasteiger partial charge in [-0.05, 0) is 6.42 Å². The fourth-order valence-corrected chi connectivity index (χ4v) is 3.51. The highest BCUT2D eigenvalue weighted by molar-refractivity contribution is 6.53. The summed E-state index contributed by atoms with van der Waals surface area (Å²) in [4.78, 5) is 9.24. The van der Waals surface area contributed by atoms with Gasteiger partial charge in [0.2, 0.25) is 0 Å². The lowest BCUT2D eigenvalue weighted by Gasteiger charge is -2.22. The second-order valence-electron chi connectivity index (χ2n) is 5.31. The first kappa shape index (κ1) is 22.6. The van der Waals surface area contributed by atoms with Crippen molar-refractivity contribution in [1.29, 1.82) is 0 Å². The standard InChI is InChI=1S/C16H34O6Si/c1-5-7-8-9-10-11-12-13-14-15-16-20-23(19-6-2,21-17-3)22-18-4/h6H,2,5,7-16H2,1,3-4H3. The summed E-state index contributed by atoms with van der Waals surface area (Å²) in [5, 5.41) is 0. The number of hydrogen-bond donors (Lipinski definition) is 0. The highest BCUT2D eigenvalue weighted by atomic mass is 28.4. The van der Waals surface area contributed by atoms with Crippen LogP contribution in [0.2, 0.25) is 0 Å². The minimum Gasteiger partial charge on any atom is -0.485 e. The zero-order valence-corrected chi connectivity index (χ0v) is 16.0. The van der Waals surface area contributed by atoms with Crippen molar-refractivity contribution in [2.75, 3.05) is 20.8 Å². The molecular weight excluding hydrogens is 316 g/mol. The topological polar surface area (TPSA) is 55.4 Å². The van der Waals surface area contributed by atoms with E-state index in [4.69, 9.17) is 18.0 Å². The Morgan fingerprint density at radius 2 is 1.26 bits per heavy atom. The monoisotopic (exact) mass is 350 g/mol. The first-order valence-electron chi connectivity index (χ1n) is 8.61. The maximum atomic E-state index is 5.57. The Kier molecular flexibility index (Phi) is 16.1. The Labute approximate surface area is 142 Å². The molecule has 7 heteroatoms. The average Bonchev–Trinajstić information content (AvgIpc) is 2.53. The first-order chi connectivity index (χ1) is 11.2. The molecule has 0 unspecified atom stereocenters. The van der Waals surface area contributed by atoms with Crippen LogP contribution in [-0.4, -0.2) is 29.9 Å². The summed E-state index contributed by atoms with van der Waals surface area (Å²) in [7, 11) is -0.736. The fourth-order valence-electron chi connectivity index (χ4n) is 2.23. The van der Waals surface area contributed by atoms with Gasteiger partial charge in [0.05, 0.1) is 20.5 Å². The Morgan fingerprint density at radius 3 is 1.70 bits per heavy atom. The SMILES string of the molecule is C=CO[Si](OCCCCCCCCCCCC)(OOC)OOC. The molecule has 0 radical (unpaired) electrons. The van der Waals surface area contributed by atoms with E-state index in [9.17, 15) is 0 Å². The van der Waals surface area contributed by atoms with Crippen LogP contribution in [0.25, 0.3) is 0 Å². The third-order valence-corrected chi connectivity index (χ3v) is 5.13. The molecule has 0 aromatic heterocycles. The molecule has 0 fully saturated rings. The molecule has 138 valence electrons. The zero-order valence-electron chi connectivity index (χ0n) is 15.0. The Balaban J connectivity index is 3.67. The summed E-state index contributed by atoms with van der Waals surface area (Å²) >= 11 is 0. The van der Waals surface area contributed by atoms with Crippen LogP contribution in [0.3, 0.4) is 0 Å². The maximum absolute atomic E-state index is 5.57. The van der Waals surface area contributed by atoms with Crippen molar-refractivity contribution in [1.82, 2.24) is 0 Å². The molecule has 0 amide bonds. The molecule has 6 nitrogen and oxygen atoms in total. The summed E-state index contributed by atoms with van der Waals surface area (Å²) < 4.78 is 20.7. The van der Waals surface area contributed by atoms with Crippen LogP contribution in [0.15, 0.2) is 12.8 Å². The lowest BCUT2D eigenvalue weighted by molar-refractivity contribution is -0.317. The maximum Gasteiger partial charge on any atom is 0.805 e. The van der Waals surface area contributed by atoms with Crippen LogP contribution >= 0.6 is 0 Å². The molecule has 0 saturated carbocycles. The molecule has 0 aromatic carbocycles. The van der Waals surface area contributed by atoms with Gasteiger partial charge in [-0.25, -0.2) is 9.78 Å². The number of rotatable bonds is 18. The van der Waals surface area contributed by atoms with E-state index in [1.807, 2.05) is 0 Å². The molecule has 0 bridgehead atoms. The van der Waals surface area contributed by atoms with Gasteiger partial charge < -0.3 is 8.85 Å².